The van der Waals surface area contributed by atoms with Gasteiger partial charge in [-0.05, 0) is 113 Å². The first-order valence-electron chi connectivity index (χ1n) is 12.9. The maximum atomic E-state index is 7.12. The van der Waals surface area contributed by atoms with Gasteiger partial charge in [0, 0.05) is 5.41 Å². The van der Waals surface area contributed by atoms with Crippen LogP contribution in [0.3, 0.4) is 0 Å². The summed E-state index contributed by atoms with van der Waals surface area (Å²) in [4.78, 5) is 10.4. The predicted octanol–water partition coefficient (Wildman–Crippen LogP) is 6.64. The standard InChI is InChI=1S/C26H46N2O3Si/c1-18(27-29-4)26(31-32(6,7)8)16-13-23-21-10-9-19-17-20(28-30-5)11-14-24(19,2)22(21)12-15-25(23,26)3/h19,21-23H,9-17H2,1-8H3/b27-18+,28-20-/t19-,21+,22-,23-,24-,25-,26-/m0/s1. The van der Waals surface area contributed by atoms with Crippen molar-refractivity contribution >= 4 is 19.7 Å². The van der Waals surface area contributed by atoms with Gasteiger partial charge in [-0.1, -0.05) is 24.2 Å². The van der Waals surface area contributed by atoms with Gasteiger partial charge in [-0.2, -0.15) is 0 Å². The Morgan fingerprint density at radius 1 is 0.938 bits per heavy atom. The minimum Gasteiger partial charge on any atom is -0.406 e. The third kappa shape index (κ3) is 3.68. The highest BCUT2D eigenvalue weighted by atomic mass is 28.4. The smallest absolute Gasteiger partial charge is 0.185 e. The van der Waals surface area contributed by atoms with Crippen molar-refractivity contribution in [3.05, 3.63) is 0 Å². The van der Waals surface area contributed by atoms with Gasteiger partial charge in [0.05, 0.1) is 11.4 Å². The summed E-state index contributed by atoms with van der Waals surface area (Å²) in [5.41, 5.74) is 2.65. The van der Waals surface area contributed by atoms with Crippen LogP contribution >= 0.6 is 0 Å². The van der Waals surface area contributed by atoms with E-state index in [1.807, 2.05) is 0 Å². The van der Waals surface area contributed by atoms with Gasteiger partial charge in [0.15, 0.2) is 8.32 Å². The van der Waals surface area contributed by atoms with Crippen LogP contribution in [0.4, 0.5) is 0 Å². The van der Waals surface area contributed by atoms with E-state index in [2.05, 4.69) is 50.7 Å². The van der Waals surface area contributed by atoms with Gasteiger partial charge in [0.1, 0.15) is 19.8 Å². The Hall–Kier alpha value is -0.883. The second kappa shape index (κ2) is 8.40. The molecule has 182 valence electrons. The molecule has 0 aromatic heterocycles. The van der Waals surface area contributed by atoms with E-state index < -0.39 is 8.32 Å². The summed E-state index contributed by atoms with van der Waals surface area (Å²) in [5.74, 6) is 3.10. The fraction of sp³-hybridized carbons (Fsp3) is 0.923. The third-order valence-corrected chi connectivity index (χ3v) is 11.1. The Balaban J connectivity index is 1.65. The van der Waals surface area contributed by atoms with Gasteiger partial charge in [0.2, 0.25) is 0 Å². The molecule has 4 rings (SSSR count). The number of hydrogen-bond acceptors (Lipinski definition) is 5. The first-order chi connectivity index (χ1) is 15.0. The van der Waals surface area contributed by atoms with Crippen molar-refractivity contribution in [1.82, 2.24) is 0 Å². The fourth-order valence-corrected chi connectivity index (χ4v) is 10.4. The molecule has 32 heavy (non-hydrogen) atoms. The van der Waals surface area contributed by atoms with Crippen LogP contribution in [0, 0.1) is 34.5 Å². The van der Waals surface area contributed by atoms with Crippen LogP contribution in [0.25, 0.3) is 0 Å². The lowest BCUT2D eigenvalue weighted by Crippen LogP contribution is -2.61. The fourth-order valence-electron chi connectivity index (χ4n) is 8.84. The van der Waals surface area contributed by atoms with Crippen molar-refractivity contribution in [1.29, 1.82) is 0 Å². The lowest BCUT2D eigenvalue weighted by atomic mass is 9.44. The van der Waals surface area contributed by atoms with Crippen molar-refractivity contribution in [2.45, 2.75) is 104 Å². The predicted molar refractivity (Wildman–Crippen MR) is 133 cm³/mol. The molecule has 0 N–H and O–H groups in total. The summed E-state index contributed by atoms with van der Waals surface area (Å²) in [7, 11) is 1.58. The molecule has 4 fully saturated rings. The summed E-state index contributed by atoms with van der Waals surface area (Å²) >= 11 is 0. The van der Waals surface area contributed by atoms with E-state index in [-0.39, 0.29) is 11.0 Å². The van der Waals surface area contributed by atoms with Gasteiger partial charge in [-0.25, -0.2) is 0 Å². The number of nitrogens with zero attached hydrogens (tertiary/aromatic N) is 2. The van der Waals surface area contributed by atoms with Crippen molar-refractivity contribution < 1.29 is 14.1 Å². The van der Waals surface area contributed by atoms with E-state index in [0.717, 1.165) is 42.7 Å². The maximum Gasteiger partial charge on any atom is 0.185 e. The van der Waals surface area contributed by atoms with Crippen LogP contribution in [0.5, 0.6) is 0 Å². The Labute approximate surface area is 196 Å². The first-order valence-corrected chi connectivity index (χ1v) is 16.3. The number of fused-ring (bicyclic) bond motifs is 5. The summed E-state index contributed by atoms with van der Waals surface area (Å²) in [6, 6.07) is 0. The zero-order valence-electron chi connectivity index (χ0n) is 21.8. The Morgan fingerprint density at radius 2 is 1.66 bits per heavy atom. The molecule has 4 aliphatic rings. The molecule has 0 heterocycles. The molecule has 0 saturated heterocycles. The Bertz CT molecular complexity index is 778. The molecule has 0 unspecified atom stereocenters. The summed E-state index contributed by atoms with van der Waals surface area (Å²) in [5, 5.41) is 8.84. The molecular weight excluding hydrogens is 416 g/mol. The first kappa shape index (κ1) is 24.2. The van der Waals surface area contributed by atoms with Crippen LogP contribution in [-0.4, -0.2) is 39.6 Å². The molecule has 0 spiro atoms. The monoisotopic (exact) mass is 462 g/mol. The van der Waals surface area contributed by atoms with Gasteiger partial charge in [-0.15, -0.1) is 0 Å². The van der Waals surface area contributed by atoms with E-state index in [0.29, 0.717) is 11.3 Å². The number of oxime groups is 2. The van der Waals surface area contributed by atoms with Crippen LogP contribution < -0.4 is 0 Å². The normalized spacial score (nSPS) is 45.8. The number of hydrogen-bond donors (Lipinski definition) is 0. The highest BCUT2D eigenvalue weighted by Crippen LogP contribution is 2.69. The van der Waals surface area contributed by atoms with E-state index in [4.69, 9.17) is 14.1 Å². The second-order valence-electron chi connectivity index (χ2n) is 12.6. The minimum absolute atomic E-state index is 0.140. The molecule has 6 heteroatoms. The van der Waals surface area contributed by atoms with Crippen LogP contribution in [0.1, 0.15) is 78.6 Å². The zero-order chi connectivity index (χ0) is 23.4. The van der Waals surface area contributed by atoms with Crippen molar-refractivity contribution in [3.63, 3.8) is 0 Å². The average molecular weight is 463 g/mol. The third-order valence-electron chi connectivity index (χ3n) is 10.1. The molecule has 5 nitrogen and oxygen atoms in total. The largest absolute Gasteiger partial charge is 0.406 e. The summed E-state index contributed by atoms with van der Waals surface area (Å²) < 4.78 is 7.12. The molecule has 4 aliphatic carbocycles. The molecule has 0 radical (unpaired) electrons. The molecule has 4 saturated carbocycles. The highest BCUT2D eigenvalue weighted by Gasteiger charge is 2.67. The second-order valence-corrected chi connectivity index (χ2v) is 17.0. The van der Waals surface area contributed by atoms with Crippen molar-refractivity contribution in [2.75, 3.05) is 14.2 Å². The summed E-state index contributed by atoms with van der Waals surface area (Å²) in [6.45, 7) is 14.3. The molecule has 0 aromatic carbocycles. The van der Waals surface area contributed by atoms with E-state index in [1.165, 1.54) is 44.2 Å². The van der Waals surface area contributed by atoms with Crippen LogP contribution in [-0.2, 0) is 14.1 Å². The van der Waals surface area contributed by atoms with Gasteiger partial charge in [-0.3, -0.25) is 0 Å². The molecule has 0 bridgehead atoms. The van der Waals surface area contributed by atoms with E-state index in [9.17, 15) is 0 Å². The van der Waals surface area contributed by atoms with Crippen molar-refractivity contribution in [2.24, 2.45) is 44.8 Å². The van der Waals surface area contributed by atoms with E-state index >= 15 is 0 Å². The SMILES string of the molecule is CO/N=C1/CC[C@@]2(C)[C@@H](CC[C@@H]3[C@@H]2CC[C@@]2(C)[C@H]3CC[C@]2(O[Si](C)(C)C)/C(C)=N/OC)C1. The molecule has 0 amide bonds. The van der Waals surface area contributed by atoms with Gasteiger partial charge >= 0.3 is 0 Å². The average Bonchev–Trinajstić information content (AvgIpc) is 3.00. The lowest BCUT2D eigenvalue weighted by Gasteiger charge is -2.62. The Kier molecular flexibility index (Phi) is 6.37. The number of rotatable bonds is 5. The van der Waals surface area contributed by atoms with E-state index in [1.54, 1.807) is 14.2 Å². The quantitative estimate of drug-likeness (QED) is 0.261. The zero-order valence-corrected chi connectivity index (χ0v) is 22.8. The molecular formula is C26H46N2O3Si. The van der Waals surface area contributed by atoms with Crippen LogP contribution in [0.15, 0.2) is 10.3 Å². The molecule has 0 aromatic rings. The summed E-state index contributed by atoms with van der Waals surface area (Å²) in [6.07, 6.45) is 11.1. The molecule has 7 atom stereocenters. The van der Waals surface area contributed by atoms with Crippen LogP contribution in [0.2, 0.25) is 19.6 Å². The topological polar surface area (TPSA) is 52.4 Å². The van der Waals surface area contributed by atoms with Crippen molar-refractivity contribution in [3.8, 4) is 0 Å². The lowest BCUT2D eigenvalue weighted by molar-refractivity contribution is -0.122. The van der Waals surface area contributed by atoms with Gasteiger partial charge in [0.25, 0.3) is 0 Å². The highest BCUT2D eigenvalue weighted by molar-refractivity contribution is 6.70. The Morgan fingerprint density at radius 3 is 2.31 bits per heavy atom. The molecule has 0 aliphatic heterocycles. The minimum atomic E-state index is -1.77. The van der Waals surface area contributed by atoms with Gasteiger partial charge < -0.3 is 14.1 Å². The maximum absolute atomic E-state index is 7.12.